The normalized spacial score (nSPS) is 12.1. The van der Waals surface area contributed by atoms with Crippen molar-refractivity contribution in [3.8, 4) is 11.1 Å². The maximum atomic E-state index is 2.37. The third kappa shape index (κ3) is 2.81. The molecule has 1 heterocycles. The van der Waals surface area contributed by atoms with Crippen LogP contribution in [0.25, 0.3) is 58.9 Å². The Morgan fingerprint density at radius 3 is 2.03 bits per heavy atom. The zero-order valence-electron chi connectivity index (χ0n) is 17.6. The summed E-state index contributed by atoms with van der Waals surface area (Å²) in [6.45, 7) is 4.33. The van der Waals surface area contributed by atoms with Crippen LogP contribution in [0.5, 0.6) is 0 Å². The van der Waals surface area contributed by atoms with Crippen molar-refractivity contribution < 1.29 is 0 Å². The van der Waals surface area contributed by atoms with E-state index in [4.69, 9.17) is 0 Å². The van der Waals surface area contributed by atoms with Crippen LogP contribution in [0.1, 0.15) is 18.1 Å². The number of allylic oxidation sites excluding steroid dienone is 1. The predicted molar refractivity (Wildman–Crippen MR) is 139 cm³/mol. The number of hydrogen-bond donors (Lipinski definition) is 0. The maximum Gasteiger partial charge on any atom is 0.0355 e. The molecule has 1 aromatic heterocycles. The molecule has 0 amide bonds. The van der Waals surface area contributed by atoms with Gasteiger partial charge in [0.15, 0.2) is 0 Å². The minimum Gasteiger partial charge on any atom is -0.135 e. The van der Waals surface area contributed by atoms with Crippen LogP contribution in [0.4, 0.5) is 0 Å². The molecule has 0 spiro atoms. The predicted octanol–water partition coefficient (Wildman–Crippen LogP) is 9.37. The van der Waals surface area contributed by atoms with Crippen LogP contribution in [-0.4, -0.2) is 0 Å². The van der Waals surface area contributed by atoms with E-state index < -0.39 is 0 Å². The molecule has 0 saturated heterocycles. The molecular weight excluding hydrogens is 392 g/mol. The van der Waals surface area contributed by atoms with Crippen molar-refractivity contribution in [2.24, 2.45) is 0 Å². The number of thiophene rings is 1. The second-order valence-electron chi connectivity index (χ2n) is 8.15. The van der Waals surface area contributed by atoms with Gasteiger partial charge in [0, 0.05) is 20.2 Å². The van der Waals surface area contributed by atoms with Crippen molar-refractivity contribution in [3.63, 3.8) is 0 Å². The van der Waals surface area contributed by atoms with Crippen LogP contribution >= 0.6 is 11.3 Å². The Hall–Kier alpha value is -3.42. The van der Waals surface area contributed by atoms with Crippen LogP contribution in [0.15, 0.2) is 91.0 Å². The molecule has 0 aliphatic rings. The average Bonchev–Trinajstić information content (AvgIpc) is 3.19. The van der Waals surface area contributed by atoms with Crippen LogP contribution in [0.2, 0.25) is 0 Å². The molecule has 0 radical (unpaired) electrons. The summed E-state index contributed by atoms with van der Waals surface area (Å²) in [6.07, 6.45) is 4.38. The highest BCUT2D eigenvalue weighted by Crippen LogP contribution is 2.39. The topological polar surface area (TPSA) is 0 Å². The van der Waals surface area contributed by atoms with Crippen LogP contribution < -0.4 is 0 Å². The van der Waals surface area contributed by atoms with Gasteiger partial charge in [-0.25, -0.2) is 0 Å². The molecule has 0 unspecified atom stereocenters. The minimum absolute atomic E-state index is 1.27. The van der Waals surface area contributed by atoms with Crippen molar-refractivity contribution in [3.05, 3.63) is 102 Å². The molecule has 148 valence electrons. The number of rotatable bonds is 2. The lowest BCUT2D eigenvalue weighted by Gasteiger charge is -2.14. The van der Waals surface area contributed by atoms with E-state index in [9.17, 15) is 0 Å². The van der Waals surface area contributed by atoms with E-state index >= 15 is 0 Å². The third-order valence-electron chi connectivity index (χ3n) is 6.38. The van der Waals surface area contributed by atoms with Gasteiger partial charge >= 0.3 is 0 Å². The summed E-state index contributed by atoms with van der Waals surface area (Å²) in [5.74, 6) is 0. The lowest BCUT2D eigenvalue weighted by molar-refractivity contribution is 1.52. The zero-order chi connectivity index (χ0) is 20.9. The fourth-order valence-electron chi connectivity index (χ4n) is 4.86. The standard InChI is InChI=1S/C30H22S/c1-3-8-22-19(2)23-9-4-5-10-24(23)27-17-20(13-15-25(22)27)21-14-16-30-28(18-21)26-11-6-7-12-29(26)31-30/h3-18H,1-2H3/b8-3-. The third-order valence-corrected chi connectivity index (χ3v) is 7.53. The SMILES string of the molecule is C/C=C\c1c(C)c2ccccc2c2cc(-c3ccc4sc5ccccc5c4c3)ccc12. The van der Waals surface area contributed by atoms with Crippen LogP contribution in [0, 0.1) is 6.92 Å². The molecule has 0 nitrogen and oxygen atoms in total. The van der Waals surface area contributed by atoms with Crippen molar-refractivity contribution in [1.82, 2.24) is 0 Å². The summed E-state index contributed by atoms with van der Waals surface area (Å²) in [5, 5.41) is 8.00. The molecule has 5 aromatic carbocycles. The van der Waals surface area contributed by atoms with Gasteiger partial charge in [-0.2, -0.15) is 0 Å². The Bertz CT molecular complexity index is 1650. The van der Waals surface area contributed by atoms with Crippen molar-refractivity contribution in [2.45, 2.75) is 13.8 Å². The molecule has 6 aromatic rings. The van der Waals surface area contributed by atoms with Gasteiger partial charge in [0.2, 0.25) is 0 Å². The fourth-order valence-corrected chi connectivity index (χ4v) is 5.95. The molecule has 0 saturated carbocycles. The Morgan fingerprint density at radius 2 is 1.23 bits per heavy atom. The number of fused-ring (bicyclic) bond motifs is 6. The summed E-state index contributed by atoms with van der Waals surface area (Å²) in [5.41, 5.74) is 5.21. The van der Waals surface area contributed by atoms with E-state index in [-0.39, 0.29) is 0 Å². The number of benzene rings is 5. The number of aryl methyl sites for hydroxylation is 1. The molecule has 0 bridgehead atoms. The summed E-state index contributed by atoms with van der Waals surface area (Å²) in [6, 6.07) is 31.3. The molecule has 0 aliphatic carbocycles. The maximum absolute atomic E-state index is 2.37. The lowest BCUT2D eigenvalue weighted by atomic mass is 9.90. The average molecular weight is 415 g/mol. The van der Waals surface area contributed by atoms with Gasteiger partial charge in [0.1, 0.15) is 0 Å². The van der Waals surface area contributed by atoms with Crippen molar-refractivity contribution in [1.29, 1.82) is 0 Å². The van der Waals surface area contributed by atoms with E-state index in [0.29, 0.717) is 0 Å². The highest BCUT2D eigenvalue weighted by atomic mass is 32.1. The molecule has 0 fully saturated rings. The minimum atomic E-state index is 1.27. The van der Waals surface area contributed by atoms with Gasteiger partial charge in [-0.1, -0.05) is 72.8 Å². The van der Waals surface area contributed by atoms with E-state index in [2.05, 4.69) is 111 Å². The highest BCUT2D eigenvalue weighted by molar-refractivity contribution is 7.25. The Kier molecular flexibility index (Phi) is 4.19. The molecule has 31 heavy (non-hydrogen) atoms. The first-order valence-corrected chi connectivity index (χ1v) is 11.6. The summed E-state index contributed by atoms with van der Waals surface area (Å²) >= 11 is 1.87. The van der Waals surface area contributed by atoms with E-state index in [1.807, 2.05) is 11.3 Å². The van der Waals surface area contributed by atoms with Gasteiger partial charge < -0.3 is 0 Å². The first-order valence-electron chi connectivity index (χ1n) is 10.7. The highest BCUT2D eigenvalue weighted by Gasteiger charge is 2.12. The monoisotopic (exact) mass is 414 g/mol. The van der Waals surface area contributed by atoms with E-state index in [0.717, 1.165) is 0 Å². The van der Waals surface area contributed by atoms with Gasteiger partial charge in [-0.05, 0) is 81.9 Å². The first-order chi connectivity index (χ1) is 15.2. The summed E-state index contributed by atoms with van der Waals surface area (Å²) in [7, 11) is 0. The molecule has 1 heteroatoms. The van der Waals surface area contributed by atoms with Gasteiger partial charge in [-0.3, -0.25) is 0 Å². The molecule has 0 N–H and O–H groups in total. The van der Waals surface area contributed by atoms with Crippen molar-refractivity contribution >= 4 is 59.1 Å². The Morgan fingerprint density at radius 1 is 0.581 bits per heavy atom. The molecule has 0 atom stereocenters. The number of hydrogen-bond acceptors (Lipinski definition) is 1. The Labute approximate surface area is 186 Å². The molecule has 6 rings (SSSR count). The van der Waals surface area contributed by atoms with Crippen LogP contribution in [-0.2, 0) is 0 Å². The van der Waals surface area contributed by atoms with Crippen LogP contribution in [0.3, 0.4) is 0 Å². The zero-order valence-corrected chi connectivity index (χ0v) is 18.5. The smallest absolute Gasteiger partial charge is 0.0355 e. The van der Waals surface area contributed by atoms with E-state index in [1.165, 1.54) is 64.0 Å². The molecular formula is C30H22S. The fraction of sp³-hybridized carbons (Fsp3) is 0.0667. The summed E-state index contributed by atoms with van der Waals surface area (Å²) in [4.78, 5) is 0. The Balaban J connectivity index is 1.65. The van der Waals surface area contributed by atoms with Crippen molar-refractivity contribution in [2.75, 3.05) is 0 Å². The largest absolute Gasteiger partial charge is 0.135 e. The molecule has 0 aliphatic heterocycles. The summed E-state index contributed by atoms with van der Waals surface area (Å²) < 4.78 is 2.70. The lowest BCUT2D eigenvalue weighted by Crippen LogP contribution is -1.89. The van der Waals surface area contributed by atoms with Gasteiger partial charge in [0.25, 0.3) is 0 Å². The second kappa shape index (κ2) is 7.08. The van der Waals surface area contributed by atoms with E-state index in [1.54, 1.807) is 0 Å². The second-order valence-corrected chi connectivity index (χ2v) is 9.24. The first kappa shape index (κ1) is 18.4. The van der Waals surface area contributed by atoms with Gasteiger partial charge in [0.05, 0.1) is 0 Å². The van der Waals surface area contributed by atoms with Gasteiger partial charge in [-0.15, -0.1) is 11.3 Å². The quantitative estimate of drug-likeness (QED) is 0.248.